The van der Waals surface area contributed by atoms with Crippen molar-refractivity contribution in [3.05, 3.63) is 23.8 Å². The lowest BCUT2D eigenvalue weighted by atomic mass is 10.1. The SMILES string of the molecule is CCCCCCOC(=O)c1ccc(NC(=O)CCC(=O)O)cc1O. The number of esters is 1. The number of phenolic OH excluding ortho intramolecular Hbond substituents is 1. The largest absolute Gasteiger partial charge is 0.507 e. The number of nitrogens with one attached hydrogen (secondary N) is 1. The molecule has 7 heteroatoms. The first-order chi connectivity index (χ1) is 11.4. The Morgan fingerprint density at radius 2 is 1.88 bits per heavy atom. The van der Waals surface area contributed by atoms with Crippen molar-refractivity contribution in [1.82, 2.24) is 0 Å². The van der Waals surface area contributed by atoms with Gasteiger partial charge in [-0.15, -0.1) is 0 Å². The number of benzene rings is 1. The topological polar surface area (TPSA) is 113 Å². The third-order valence-electron chi connectivity index (χ3n) is 3.30. The van der Waals surface area contributed by atoms with E-state index in [1.807, 2.05) is 0 Å². The summed E-state index contributed by atoms with van der Waals surface area (Å²) in [6, 6.07) is 4.04. The highest BCUT2D eigenvalue weighted by molar-refractivity contribution is 5.95. The molecular formula is C17H23NO6. The predicted molar refractivity (Wildman–Crippen MR) is 88.0 cm³/mol. The molecule has 24 heavy (non-hydrogen) atoms. The number of ether oxygens (including phenoxy) is 1. The molecule has 0 aliphatic carbocycles. The standard InChI is InChI=1S/C17H23NO6/c1-2-3-4-5-10-24-17(23)13-7-6-12(11-14(13)19)18-15(20)8-9-16(21)22/h6-7,11,19H,2-5,8-10H2,1H3,(H,18,20)(H,21,22). The molecular weight excluding hydrogens is 314 g/mol. The lowest BCUT2D eigenvalue weighted by Gasteiger charge is -2.09. The van der Waals surface area contributed by atoms with Crippen LogP contribution in [0.25, 0.3) is 0 Å². The van der Waals surface area contributed by atoms with Gasteiger partial charge in [-0.3, -0.25) is 9.59 Å². The molecule has 0 radical (unpaired) electrons. The summed E-state index contributed by atoms with van der Waals surface area (Å²) in [5.74, 6) is -2.47. The zero-order chi connectivity index (χ0) is 17.9. The van der Waals surface area contributed by atoms with Gasteiger partial charge in [-0.25, -0.2) is 4.79 Å². The Balaban J connectivity index is 2.52. The lowest BCUT2D eigenvalue weighted by Crippen LogP contribution is -2.13. The normalized spacial score (nSPS) is 10.2. The van der Waals surface area contributed by atoms with Crippen LogP contribution in [0.1, 0.15) is 55.8 Å². The second-order valence-electron chi connectivity index (χ2n) is 5.37. The third kappa shape index (κ3) is 7.13. The smallest absolute Gasteiger partial charge is 0.341 e. The van der Waals surface area contributed by atoms with Crippen molar-refractivity contribution in [2.75, 3.05) is 11.9 Å². The van der Waals surface area contributed by atoms with Crippen molar-refractivity contribution in [2.45, 2.75) is 45.4 Å². The van der Waals surface area contributed by atoms with Gasteiger partial charge in [0, 0.05) is 18.2 Å². The number of carbonyl (C=O) groups is 3. The maximum absolute atomic E-state index is 11.9. The molecule has 3 N–H and O–H groups in total. The van der Waals surface area contributed by atoms with E-state index in [-0.39, 0.29) is 29.8 Å². The van der Waals surface area contributed by atoms with Crippen molar-refractivity contribution in [3.8, 4) is 5.75 Å². The molecule has 1 aromatic rings. The van der Waals surface area contributed by atoms with Crippen LogP contribution in [0.2, 0.25) is 0 Å². The van der Waals surface area contributed by atoms with Gasteiger partial charge in [-0.05, 0) is 18.6 Å². The number of aliphatic carboxylic acids is 1. The summed E-state index contributed by atoms with van der Waals surface area (Å²) >= 11 is 0. The molecule has 1 rings (SSSR count). The average Bonchev–Trinajstić information content (AvgIpc) is 2.52. The molecule has 7 nitrogen and oxygen atoms in total. The average molecular weight is 337 g/mol. The van der Waals surface area contributed by atoms with E-state index in [0.29, 0.717) is 6.61 Å². The molecule has 0 atom stereocenters. The van der Waals surface area contributed by atoms with Gasteiger partial charge in [0.1, 0.15) is 11.3 Å². The Labute approximate surface area is 140 Å². The number of phenols is 1. The van der Waals surface area contributed by atoms with Crippen LogP contribution < -0.4 is 5.32 Å². The van der Waals surface area contributed by atoms with E-state index in [1.165, 1.54) is 18.2 Å². The molecule has 0 aliphatic heterocycles. The minimum absolute atomic E-state index is 0.0222. The number of carbonyl (C=O) groups excluding carboxylic acids is 2. The zero-order valence-corrected chi connectivity index (χ0v) is 13.7. The quantitative estimate of drug-likeness (QED) is 0.447. The molecule has 0 unspecified atom stereocenters. The van der Waals surface area contributed by atoms with E-state index in [9.17, 15) is 19.5 Å². The fourth-order valence-corrected chi connectivity index (χ4v) is 2.00. The number of rotatable bonds is 10. The van der Waals surface area contributed by atoms with Crippen molar-refractivity contribution in [2.24, 2.45) is 0 Å². The minimum Gasteiger partial charge on any atom is -0.507 e. The van der Waals surface area contributed by atoms with Crippen LogP contribution in [0.3, 0.4) is 0 Å². The van der Waals surface area contributed by atoms with Crippen LogP contribution in [0.4, 0.5) is 5.69 Å². The zero-order valence-electron chi connectivity index (χ0n) is 13.7. The lowest BCUT2D eigenvalue weighted by molar-refractivity contribution is -0.138. The van der Waals surface area contributed by atoms with Crippen LogP contribution in [0.5, 0.6) is 5.75 Å². The molecule has 0 saturated carbocycles. The van der Waals surface area contributed by atoms with E-state index in [4.69, 9.17) is 9.84 Å². The Morgan fingerprint density at radius 3 is 2.50 bits per heavy atom. The molecule has 0 bridgehead atoms. The number of aromatic hydroxyl groups is 1. The summed E-state index contributed by atoms with van der Waals surface area (Å²) in [5.41, 5.74) is 0.302. The van der Waals surface area contributed by atoms with Crippen molar-refractivity contribution >= 4 is 23.5 Å². The summed E-state index contributed by atoms with van der Waals surface area (Å²) in [5, 5.41) is 20.9. The first-order valence-corrected chi connectivity index (χ1v) is 7.95. The molecule has 0 aromatic heterocycles. The fourth-order valence-electron chi connectivity index (χ4n) is 2.00. The first-order valence-electron chi connectivity index (χ1n) is 7.95. The number of hydrogen-bond acceptors (Lipinski definition) is 5. The number of carboxylic acids is 1. The van der Waals surface area contributed by atoms with Gasteiger partial charge in [0.05, 0.1) is 13.0 Å². The van der Waals surface area contributed by atoms with Crippen molar-refractivity contribution in [3.63, 3.8) is 0 Å². The molecule has 0 fully saturated rings. The Kier molecular flexibility index (Phi) is 8.32. The minimum atomic E-state index is -1.06. The number of amides is 1. The van der Waals surface area contributed by atoms with E-state index < -0.39 is 17.8 Å². The van der Waals surface area contributed by atoms with Crippen LogP contribution in [-0.2, 0) is 14.3 Å². The number of anilines is 1. The molecule has 0 aliphatic rings. The van der Waals surface area contributed by atoms with Crippen LogP contribution in [0, 0.1) is 0 Å². The molecule has 0 saturated heterocycles. The van der Waals surface area contributed by atoms with Crippen molar-refractivity contribution in [1.29, 1.82) is 0 Å². The van der Waals surface area contributed by atoms with Gasteiger partial charge in [0.15, 0.2) is 0 Å². The highest BCUT2D eigenvalue weighted by Gasteiger charge is 2.14. The molecule has 1 aromatic carbocycles. The van der Waals surface area contributed by atoms with E-state index in [2.05, 4.69) is 12.2 Å². The van der Waals surface area contributed by atoms with Crippen LogP contribution in [0.15, 0.2) is 18.2 Å². The number of hydrogen-bond donors (Lipinski definition) is 3. The maximum Gasteiger partial charge on any atom is 0.341 e. The molecule has 0 spiro atoms. The molecule has 1 amide bonds. The summed E-state index contributed by atoms with van der Waals surface area (Å²) in [6.07, 6.45) is 3.49. The van der Waals surface area contributed by atoms with Crippen LogP contribution in [-0.4, -0.2) is 34.7 Å². The van der Waals surface area contributed by atoms with Gasteiger partial charge in [0.25, 0.3) is 0 Å². The summed E-state index contributed by atoms with van der Waals surface area (Å²) in [7, 11) is 0. The highest BCUT2D eigenvalue weighted by Crippen LogP contribution is 2.23. The first kappa shape index (κ1) is 19.5. The van der Waals surface area contributed by atoms with E-state index >= 15 is 0 Å². The summed E-state index contributed by atoms with van der Waals surface area (Å²) in [4.78, 5) is 33.8. The molecule has 0 heterocycles. The van der Waals surface area contributed by atoms with Gasteiger partial charge in [-0.2, -0.15) is 0 Å². The second kappa shape index (κ2) is 10.3. The summed E-state index contributed by atoms with van der Waals surface area (Å²) < 4.78 is 5.09. The summed E-state index contributed by atoms with van der Waals surface area (Å²) in [6.45, 7) is 2.39. The van der Waals surface area contributed by atoms with Crippen LogP contribution >= 0.6 is 0 Å². The van der Waals surface area contributed by atoms with Gasteiger partial charge in [0.2, 0.25) is 5.91 Å². The van der Waals surface area contributed by atoms with E-state index in [1.54, 1.807) is 0 Å². The Morgan fingerprint density at radius 1 is 1.12 bits per heavy atom. The Hall–Kier alpha value is -2.57. The highest BCUT2D eigenvalue weighted by atomic mass is 16.5. The number of unbranched alkanes of at least 4 members (excludes halogenated alkanes) is 3. The number of carboxylic acid groups (broad SMARTS) is 1. The maximum atomic E-state index is 11.9. The second-order valence-corrected chi connectivity index (χ2v) is 5.37. The van der Waals surface area contributed by atoms with Crippen molar-refractivity contribution < 1.29 is 29.3 Å². The fraction of sp³-hybridized carbons (Fsp3) is 0.471. The monoisotopic (exact) mass is 337 g/mol. The third-order valence-corrected chi connectivity index (χ3v) is 3.30. The predicted octanol–water partition coefficient (Wildman–Crippen LogP) is 2.93. The Bertz CT molecular complexity index is 584. The van der Waals surface area contributed by atoms with E-state index in [0.717, 1.165) is 25.7 Å². The molecule has 132 valence electrons. The van der Waals surface area contributed by atoms with Gasteiger partial charge < -0.3 is 20.3 Å². The van der Waals surface area contributed by atoms with Gasteiger partial charge in [-0.1, -0.05) is 26.2 Å². The van der Waals surface area contributed by atoms with Gasteiger partial charge >= 0.3 is 11.9 Å².